The van der Waals surface area contributed by atoms with Crippen molar-refractivity contribution in [1.29, 1.82) is 0 Å². The number of carbonyl (C=O) groups excluding carboxylic acids is 1. The summed E-state index contributed by atoms with van der Waals surface area (Å²) in [5.74, 6) is 1.38. The van der Waals surface area contributed by atoms with Gasteiger partial charge in [0.1, 0.15) is 6.61 Å². The third-order valence-electron chi connectivity index (χ3n) is 9.96. The average molecular weight is 835 g/mol. The van der Waals surface area contributed by atoms with E-state index in [4.69, 9.17) is 14.5 Å². The van der Waals surface area contributed by atoms with Crippen LogP contribution in [0.3, 0.4) is 0 Å². The Hall–Kier alpha value is -5.14. The second-order valence-corrected chi connectivity index (χ2v) is 15.4. The van der Waals surface area contributed by atoms with E-state index >= 15 is 0 Å². The van der Waals surface area contributed by atoms with E-state index in [0.717, 1.165) is 46.3 Å². The van der Waals surface area contributed by atoms with Gasteiger partial charge in [0.15, 0.2) is 16.7 Å². The fourth-order valence-electron chi connectivity index (χ4n) is 7.49. The molecule has 0 unspecified atom stereocenters. The summed E-state index contributed by atoms with van der Waals surface area (Å²) in [6.07, 6.45) is 3.90. The van der Waals surface area contributed by atoms with Crippen LogP contribution in [0.1, 0.15) is 58.1 Å². The van der Waals surface area contributed by atoms with Crippen molar-refractivity contribution in [2.75, 3.05) is 25.1 Å². The maximum absolute atomic E-state index is 13.3. The Morgan fingerprint density at radius 3 is 2.13 bits per heavy atom. The van der Waals surface area contributed by atoms with Crippen LogP contribution in [0.4, 0.5) is 17.1 Å². The molecule has 5 aromatic rings. The summed E-state index contributed by atoms with van der Waals surface area (Å²) in [6, 6.07) is 35.9. The summed E-state index contributed by atoms with van der Waals surface area (Å²) < 4.78 is 12.6. The molecule has 1 amide bonds. The monoisotopic (exact) mass is 834 g/mol. The minimum Gasteiger partial charge on any atom is -0.493 e. The molecule has 3 aliphatic rings. The third-order valence-corrected chi connectivity index (χ3v) is 11.7. The van der Waals surface area contributed by atoms with Gasteiger partial charge in [-0.2, -0.15) is 0 Å². The van der Waals surface area contributed by atoms with Crippen molar-refractivity contribution in [1.82, 2.24) is 5.32 Å². The largest absolute Gasteiger partial charge is 0.493 e. The van der Waals surface area contributed by atoms with Gasteiger partial charge in [0.05, 0.1) is 26.2 Å². The number of hydrogen-bond acceptors (Lipinski definition) is 8. The highest BCUT2D eigenvalue weighted by molar-refractivity contribution is 14.1. The molecule has 0 bridgehead atoms. The maximum Gasteiger partial charge on any atom is 0.269 e. The number of rotatable bonds is 9. The van der Waals surface area contributed by atoms with Gasteiger partial charge in [-0.15, -0.1) is 0 Å². The fourth-order valence-corrected chi connectivity index (χ4v) is 9.11. The molecule has 0 saturated carbocycles. The summed E-state index contributed by atoms with van der Waals surface area (Å²) in [6.45, 7) is 2.25. The Labute approximate surface area is 325 Å². The number of methoxy groups -OCH3 is 1. The van der Waals surface area contributed by atoms with E-state index in [0.29, 0.717) is 21.6 Å². The van der Waals surface area contributed by atoms with E-state index in [1.54, 1.807) is 19.2 Å². The second kappa shape index (κ2) is 15.1. The summed E-state index contributed by atoms with van der Waals surface area (Å²) >= 11 is 3.51. The standard InChI is InChI=1S/C42H35IN4O5S/c1-51-37-21-27(20-36(43)40(37)52-25-26-12-14-31(15-13-26)47(49)50)22-38-41(48)45-42(53-38)44-30-23-34-32(28-8-4-2-5-9-28)16-18-46-19-17-33(35(24-30)39(34)46)29-10-6-3-7-11-29/h2-15,20-24,32-33H,16-19,25H2,1H3,(H,44,45,48)/b38-22-/t32-,33+. The quantitative estimate of drug-likeness (QED) is 0.0683. The first-order chi connectivity index (χ1) is 25.8. The Bertz CT molecular complexity index is 2190. The minimum absolute atomic E-state index is 0.0255. The molecule has 3 heterocycles. The molecule has 0 spiro atoms. The van der Waals surface area contributed by atoms with Crippen LogP contribution in [0.5, 0.6) is 11.5 Å². The lowest BCUT2D eigenvalue weighted by Gasteiger charge is -2.43. The summed E-state index contributed by atoms with van der Waals surface area (Å²) in [7, 11) is 1.57. The molecular weight excluding hydrogens is 799 g/mol. The first-order valence-electron chi connectivity index (χ1n) is 17.4. The number of nitrogens with one attached hydrogen (secondary N) is 1. The maximum atomic E-state index is 13.3. The zero-order valence-electron chi connectivity index (χ0n) is 28.8. The zero-order valence-corrected chi connectivity index (χ0v) is 31.8. The van der Waals surface area contributed by atoms with Crippen LogP contribution in [0.2, 0.25) is 0 Å². The number of ether oxygens (including phenoxy) is 2. The Morgan fingerprint density at radius 2 is 1.55 bits per heavy atom. The van der Waals surface area contributed by atoms with Crippen molar-refractivity contribution < 1.29 is 19.2 Å². The van der Waals surface area contributed by atoms with Crippen LogP contribution in [0.25, 0.3) is 6.08 Å². The van der Waals surface area contributed by atoms with Gasteiger partial charge in [0.25, 0.3) is 11.6 Å². The van der Waals surface area contributed by atoms with Crippen molar-refractivity contribution in [2.45, 2.75) is 31.3 Å². The number of amides is 1. The highest BCUT2D eigenvalue weighted by Gasteiger charge is 2.35. The van der Waals surface area contributed by atoms with Crippen molar-refractivity contribution in [3.63, 3.8) is 0 Å². The number of non-ortho nitro benzene ring substituents is 1. The molecule has 5 aromatic carbocycles. The van der Waals surface area contributed by atoms with Crippen LogP contribution in [0.15, 0.2) is 119 Å². The molecule has 0 aromatic heterocycles. The van der Waals surface area contributed by atoms with E-state index in [2.05, 4.69) is 106 Å². The third kappa shape index (κ3) is 7.27. The van der Waals surface area contributed by atoms with Gasteiger partial charge in [-0.25, -0.2) is 4.99 Å². The molecule has 8 rings (SSSR count). The number of benzene rings is 5. The number of carbonyl (C=O) groups is 1. The predicted molar refractivity (Wildman–Crippen MR) is 218 cm³/mol. The fraction of sp³-hybridized carbons (Fsp3) is 0.190. The average Bonchev–Trinajstić information content (AvgIpc) is 3.52. The van der Waals surface area contributed by atoms with Gasteiger partial charge in [-0.05, 0) is 123 Å². The number of amidine groups is 1. The highest BCUT2D eigenvalue weighted by atomic mass is 127. The highest BCUT2D eigenvalue weighted by Crippen LogP contribution is 2.50. The molecule has 53 heavy (non-hydrogen) atoms. The lowest BCUT2D eigenvalue weighted by atomic mass is 9.76. The molecule has 1 N–H and O–H groups in total. The Balaban J connectivity index is 1.09. The van der Waals surface area contributed by atoms with Crippen molar-refractivity contribution in [3.05, 3.63) is 161 Å². The van der Waals surface area contributed by atoms with Crippen LogP contribution >= 0.6 is 34.4 Å². The van der Waals surface area contributed by atoms with Crippen LogP contribution in [0, 0.1) is 13.7 Å². The molecule has 9 nitrogen and oxygen atoms in total. The van der Waals surface area contributed by atoms with E-state index in [9.17, 15) is 14.9 Å². The van der Waals surface area contributed by atoms with E-state index in [1.165, 1.54) is 51.8 Å². The first-order valence-corrected chi connectivity index (χ1v) is 19.3. The van der Waals surface area contributed by atoms with Crippen LogP contribution in [-0.2, 0) is 11.4 Å². The molecule has 0 radical (unpaired) electrons. The number of nitro groups is 1. The van der Waals surface area contributed by atoms with Crippen molar-refractivity contribution in [3.8, 4) is 11.5 Å². The molecule has 266 valence electrons. The number of nitro benzene ring substituents is 1. The van der Waals surface area contributed by atoms with Gasteiger partial charge >= 0.3 is 0 Å². The van der Waals surface area contributed by atoms with Crippen molar-refractivity contribution in [2.24, 2.45) is 4.99 Å². The molecule has 0 aliphatic carbocycles. The van der Waals surface area contributed by atoms with E-state index in [-0.39, 0.29) is 30.0 Å². The molecule has 11 heteroatoms. The Kier molecular flexibility index (Phi) is 9.93. The van der Waals surface area contributed by atoms with Gasteiger partial charge in [-0.1, -0.05) is 60.7 Å². The normalized spacial score (nSPS) is 19.2. The van der Waals surface area contributed by atoms with E-state index < -0.39 is 4.92 Å². The van der Waals surface area contributed by atoms with Gasteiger partial charge in [0.2, 0.25) is 0 Å². The van der Waals surface area contributed by atoms with Crippen LogP contribution in [-0.4, -0.2) is 36.2 Å². The number of halogens is 1. The number of thioether (sulfide) groups is 1. The predicted octanol–water partition coefficient (Wildman–Crippen LogP) is 9.56. The number of aliphatic imine (C=N–C) groups is 1. The molecule has 1 saturated heterocycles. The molecule has 3 aliphatic heterocycles. The number of nitrogens with zero attached hydrogens (tertiary/aromatic N) is 3. The second-order valence-electron chi connectivity index (χ2n) is 13.2. The number of anilines is 1. The zero-order chi connectivity index (χ0) is 36.5. The van der Waals surface area contributed by atoms with E-state index in [1.807, 2.05) is 18.2 Å². The molecular formula is C42H35IN4O5S. The first kappa shape index (κ1) is 34.9. The SMILES string of the molecule is COc1cc(/C=C2\SC(=Nc3cc4c5c(c3)[C@H](c3ccccc3)CCN5CC[C@@H]4c3ccccc3)NC2=O)cc(I)c1OCc1ccc([N+](=O)[O-])cc1. The van der Waals surface area contributed by atoms with Gasteiger partial charge < -0.3 is 19.7 Å². The summed E-state index contributed by atoms with van der Waals surface area (Å²) in [5.41, 5.74) is 8.97. The lowest BCUT2D eigenvalue weighted by Crippen LogP contribution is -2.37. The number of hydrogen-bond donors (Lipinski definition) is 1. The summed E-state index contributed by atoms with van der Waals surface area (Å²) in [5, 5.41) is 14.5. The minimum atomic E-state index is -0.429. The van der Waals surface area contributed by atoms with Crippen molar-refractivity contribution >= 4 is 68.6 Å². The van der Waals surface area contributed by atoms with Crippen LogP contribution < -0.4 is 19.7 Å². The Morgan fingerprint density at radius 1 is 0.925 bits per heavy atom. The molecule has 2 atom stereocenters. The lowest BCUT2D eigenvalue weighted by molar-refractivity contribution is -0.384. The topological polar surface area (TPSA) is 106 Å². The molecule has 1 fully saturated rings. The summed E-state index contributed by atoms with van der Waals surface area (Å²) in [4.78, 5) is 32.0. The van der Waals surface area contributed by atoms with Gasteiger partial charge in [-0.3, -0.25) is 14.9 Å². The van der Waals surface area contributed by atoms with Gasteiger partial charge in [0, 0.05) is 42.7 Å². The smallest absolute Gasteiger partial charge is 0.269 e.